The molecule has 1 aliphatic heterocycles. The van der Waals surface area contributed by atoms with Crippen molar-refractivity contribution in [3.05, 3.63) is 17.3 Å². The van der Waals surface area contributed by atoms with Crippen molar-refractivity contribution < 1.29 is 17.9 Å². The van der Waals surface area contributed by atoms with Gasteiger partial charge in [-0.05, 0) is 24.3 Å². The lowest BCUT2D eigenvalue weighted by Crippen LogP contribution is -2.58. The lowest BCUT2D eigenvalue weighted by Gasteiger charge is -2.48. The van der Waals surface area contributed by atoms with Crippen LogP contribution in [-0.2, 0) is 10.9 Å². The van der Waals surface area contributed by atoms with Crippen LogP contribution in [-0.4, -0.2) is 53.3 Å². The van der Waals surface area contributed by atoms with Crippen LogP contribution < -0.4 is 5.32 Å². The van der Waals surface area contributed by atoms with Crippen LogP contribution in [0.3, 0.4) is 0 Å². The van der Waals surface area contributed by atoms with Crippen molar-refractivity contribution >= 4 is 27.4 Å². The van der Waals surface area contributed by atoms with Gasteiger partial charge in [-0.1, -0.05) is 19.3 Å². The van der Waals surface area contributed by atoms with Crippen LogP contribution >= 0.6 is 11.3 Å². The molecule has 27 heavy (non-hydrogen) atoms. The summed E-state index contributed by atoms with van der Waals surface area (Å²) in [6, 6.07) is 1.61. The number of nitrogens with one attached hydrogen (secondary N) is 1. The highest BCUT2D eigenvalue weighted by atomic mass is 32.1. The zero-order valence-electron chi connectivity index (χ0n) is 15.0. The fourth-order valence-corrected chi connectivity index (χ4v) is 5.01. The molecule has 3 heterocycles. The molecule has 5 nitrogen and oxygen atoms in total. The number of hydrogen-bond acceptors (Lipinski definition) is 6. The van der Waals surface area contributed by atoms with Crippen LogP contribution in [0.5, 0.6) is 0 Å². The van der Waals surface area contributed by atoms with Crippen LogP contribution in [0.4, 0.5) is 19.0 Å². The molecule has 2 aliphatic rings. The van der Waals surface area contributed by atoms with Crippen LogP contribution in [0.1, 0.15) is 37.9 Å². The highest BCUT2D eigenvalue weighted by molar-refractivity contribution is 7.17. The number of hydrogen-bond donors (Lipinski definition) is 1. The first-order chi connectivity index (χ1) is 13.0. The largest absolute Gasteiger partial charge is 0.451 e. The molecule has 0 spiro atoms. The predicted molar refractivity (Wildman–Crippen MR) is 99.1 cm³/mol. The van der Waals surface area contributed by atoms with E-state index in [0.29, 0.717) is 35.8 Å². The number of aromatic nitrogens is 2. The van der Waals surface area contributed by atoms with E-state index in [0.717, 1.165) is 38.8 Å². The third-order valence-corrected chi connectivity index (χ3v) is 6.52. The van der Waals surface area contributed by atoms with Gasteiger partial charge in [-0.3, -0.25) is 4.90 Å². The molecule has 4 rings (SSSR count). The Morgan fingerprint density at radius 1 is 1.15 bits per heavy atom. The van der Waals surface area contributed by atoms with E-state index >= 15 is 0 Å². The molecule has 1 N–H and O–H groups in total. The number of rotatable bonds is 4. The van der Waals surface area contributed by atoms with Gasteiger partial charge in [0.2, 0.25) is 5.82 Å². The Kier molecular flexibility index (Phi) is 5.26. The van der Waals surface area contributed by atoms with Gasteiger partial charge in [-0.2, -0.15) is 13.2 Å². The van der Waals surface area contributed by atoms with Crippen molar-refractivity contribution in [2.75, 3.05) is 38.2 Å². The molecule has 1 saturated heterocycles. The lowest BCUT2D eigenvalue weighted by atomic mass is 9.79. The monoisotopic (exact) mass is 400 g/mol. The zero-order chi connectivity index (χ0) is 18.9. The summed E-state index contributed by atoms with van der Waals surface area (Å²) in [5.74, 6) is -0.791. The first-order valence-corrected chi connectivity index (χ1v) is 10.3. The van der Waals surface area contributed by atoms with Gasteiger partial charge < -0.3 is 10.1 Å². The fourth-order valence-electron chi connectivity index (χ4n) is 4.21. The average molecular weight is 400 g/mol. The Bertz CT molecular complexity index is 782. The molecular formula is C18H23F3N4OS. The molecule has 0 amide bonds. The molecule has 2 fully saturated rings. The molecular weight excluding hydrogens is 377 g/mol. The minimum Gasteiger partial charge on any atom is -0.379 e. The standard InChI is InChI=1S/C18H23F3N4OS/c19-18(20,21)16-23-13-4-11-27-14(13)15(24-16)22-12-17(5-2-1-3-6-17)25-7-9-26-10-8-25/h4,11H,1-3,5-10,12H2,(H,22,23,24). The number of nitrogens with zero attached hydrogens (tertiary/aromatic N) is 3. The molecule has 0 radical (unpaired) electrons. The first-order valence-electron chi connectivity index (χ1n) is 9.37. The van der Waals surface area contributed by atoms with Gasteiger partial charge >= 0.3 is 6.18 Å². The average Bonchev–Trinajstić information content (AvgIpc) is 3.16. The van der Waals surface area contributed by atoms with Gasteiger partial charge in [0, 0.05) is 25.2 Å². The number of anilines is 1. The van der Waals surface area contributed by atoms with E-state index < -0.39 is 12.0 Å². The topological polar surface area (TPSA) is 50.3 Å². The van der Waals surface area contributed by atoms with E-state index in [-0.39, 0.29) is 5.54 Å². The molecule has 0 aromatic carbocycles. The molecule has 2 aromatic heterocycles. The summed E-state index contributed by atoms with van der Waals surface area (Å²) >= 11 is 1.37. The number of alkyl halides is 3. The molecule has 148 valence electrons. The molecule has 0 unspecified atom stereocenters. The fraction of sp³-hybridized carbons (Fsp3) is 0.667. The van der Waals surface area contributed by atoms with Crippen molar-refractivity contribution in [3.8, 4) is 0 Å². The van der Waals surface area contributed by atoms with Gasteiger partial charge in [0.25, 0.3) is 0 Å². The van der Waals surface area contributed by atoms with Crippen molar-refractivity contribution in [2.24, 2.45) is 0 Å². The van der Waals surface area contributed by atoms with Crippen LogP contribution in [0.15, 0.2) is 11.4 Å². The summed E-state index contributed by atoms with van der Waals surface area (Å²) in [7, 11) is 0. The third-order valence-electron chi connectivity index (χ3n) is 5.61. The van der Waals surface area contributed by atoms with E-state index in [1.54, 1.807) is 11.4 Å². The summed E-state index contributed by atoms with van der Waals surface area (Å²) in [5.41, 5.74) is 0.295. The molecule has 2 aromatic rings. The maximum Gasteiger partial charge on any atom is 0.451 e. The minimum atomic E-state index is -4.56. The highest BCUT2D eigenvalue weighted by Crippen LogP contribution is 2.36. The number of thiophene rings is 1. The Morgan fingerprint density at radius 2 is 1.89 bits per heavy atom. The van der Waals surface area contributed by atoms with Crippen molar-refractivity contribution in [1.82, 2.24) is 14.9 Å². The van der Waals surface area contributed by atoms with Gasteiger partial charge in [-0.15, -0.1) is 11.3 Å². The molecule has 9 heteroatoms. The minimum absolute atomic E-state index is 0.0467. The number of halogens is 3. The molecule has 1 saturated carbocycles. The second kappa shape index (κ2) is 7.52. The molecule has 0 bridgehead atoms. The van der Waals surface area contributed by atoms with Gasteiger partial charge in [0.1, 0.15) is 5.82 Å². The summed E-state index contributed by atoms with van der Waals surface area (Å²) in [5, 5.41) is 5.02. The summed E-state index contributed by atoms with van der Waals surface area (Å²) < 4.78 is 45.7. The van der Waals surface area contributed by atoms with Crippen LogP contribution in [0.25, 0.3) is 10.2 Å². The van der Waals surface area contributed by atoms with E-state index in [9.17, 15) is 13.2 Å². The number of ether oxygens (including phenoxy) is 1. The Morgan fingerprint density at radius 3 is 2.59 bits per heavy atom. The second-order valence-electron chi connectivity index (χ2n) is 7.27. The van der Waals surface area contributed by atoms with E-state index in [4.69, 9.17) is 4.74 Å². The van der Waals surface area contributed by atoms with Gasteiger partial charge in [-0.25, -0.2) is 9.97 Å². The van der Waals surface area contributed by atoms with Crippen molar-refractivity contribution in [2.45, 2.75) is 43.8 Å². The van der Waals surface area contributed by atoms with Crippen LogP contribution in [0.2, 0.25) is 0 Å². The number of morpholine rings is 1. The summed E-state index contributed by atoms with van der Waals surface area (Å²) in [6.07, 6.45) is 1.04. The normalized spacial score (nSPS) is 21.4. The van der Waals surface area contributed by atoms with Gasteiger partial charge in [0.15, 0.2) is 0 Å². The summed E-state index contributed by atoms with van der Waals surface area (Å²) in [6.45, 7) is 3.75. The molecule has 1 aliphatic carbocycles. The Balaban J connectivity index is 1.61. The van der Waals surface area contributed by atoms with E-state index in [1.807, 2.05) is 0 Å². The van der Waals surface area contributed by atoms with Gasteiger partial charge in [0.05, 0.1) is 23.4 Å². The zero-order valence-corrected chi connectivity index (χ0v) is 15.8. The Labute approximate surface area is 159 Å². The maximum absolute atomic E-state index is 13.2. The second-order valence-corrected chi connectivity index (χ2v) is 8.18. The Hall–Kier alpha value is -1.45. The third kappa shape index (κ3) is 3.90. The lowest BCUT2D eigenvalue weighted by molar-refractivity contribution is -0.144. The maximum atomic E-state index is 13.2. The predicted octanol–water partition coefficient (Wildman–Crippen LogP) is 4.16. The van der Waals surface area contributed by atoms with Crippen molar-refractivity contribution in [1.29, 1.82) is 0 Å². The smallest absolute Gasteiger partial charge is 0.379 e. The molecule has 0 atom stereocenters. The van der Waals surface area contributed by atoms with Crippen LogP contribution in [0, 0.1) is 0 Å². The SMILES string of the molecule is FC(F)(F)c1nc(NCC2(N3CCOCC3)CCCCC2)c2sccc2n1. The van der Waals surface area contributed by atoms with E-state index in [1.165, 1.54) is 17.8 Å². The quantitative estimate of drug-likeness (QED) is 0.835. The van der Waals surface area contributed by atoms with E-state index in [2.05, 4.69) is 20.2 Å². The summed E-state index contributed by atoms with van der Waals surface area (Å²) in [4.78, 5) is 9.96. The van der Waals surface area contributed by atoms with Crippen molar-refractivity contribution in [3.63, 3.8) is 0 Å². The first kappa shape index (κ1) is 18.9. The number of fused-ring (bicyclic) bond motifs is 1. The highest BCUT2D eigenvalue weighted by Gasteiger charge is 2.39.